The summed E-state index contributed by atoms with van der Waals surface area (Å²) >= 11 is 9.46. The van der Waals surface area contributed by atoms with E-state index in [-0.39, 0.29) is 5.91 Å². The summed E-state index contributed by atoms with van der Waals surface area (Å²) in [5, 5.41) is 0.625. The normalized spacial score (nSPS) is 15.0. The Morgan fingerprint density at radius 3 is 2.24 bits per heavy atom. The number of aliphatic imine (C=N–C) groups is 1. The van der Waals surface area contributed by atoms with Crippen LogP contribution in [0.2, 0.25) is 5.02 Å². The van der Waals surface area contributed by atoms with E-state index in [2.05, 4.69) is 20.9 Å². The van der Waals surface area contributed by atoms with Crippen molar-refractivity contribution < 1.29 is 9.53 Å². The van der Waals surface area contributed by atoms with Crippen LogP contribution in [-0.4, -0.2) is 18.9 Å². The highest BCUT2D eigenvalue weighted by Gasteiger charge is 2.32. The van der Waals surface area contributed by atoms with Crippen LogP contribution in [0.15, 0.2) is 88.0 Å². The smallest absolute Gasteiger partial charge is 0.282 e. The van der Waals surface area contributed by atoms with E-state index in [1.165, 1.54) is 0 Å². The predicted molar refractivity (Wildman–Crippen MR) is 121 cm³/mol. The van der Waals surface area contributed by atoms with Crippen molar-refractivity contribution in [2.75, 3.05) is 12.0 Å². The lowest BCUT2D eigenvalue weighted by atomic mass is 10.1. The molecule has 29 heavy (non-hydrogen) atoms. The number of amides is 1. The SMILES string of the molecule is COc1ccc(N2C(=O)/C(=C\c3ccc(Br)cc3)N=C2c2ccc(Cl)cc2)cc1. The Morgan fingerprint density at radius 2 is 1.62 bits per heavy atom. The zero-order valence-corrected chi connectivity index (χ0v) is 17.8. The van der Waals surface area contributed by atoms with Crippen molar-refractivity contribution in [2.45, 2.75) is 0 Å². The molecule has 0 aliphatic carbocycles. The summed E-state index contributed by atoms with van der Waals surface area (Å²) in [5.74, 6) is 1.08. The van der Waals surface area contributed by atoms with Gasteiger partial charge in [0.15, 0.2) is 0 Å². The second kappa shape index (κ2) is 8.23. The number of ether oxygens (including phenoxy) is 1. The first-order valence-electron chi connectivity index (χ1n) is 8.85. The van der Waals surface area contributed by atoms with Crippen LogP contribution in [0.1, 0.15) is 11.1 Å². The van der Waals surface area contributed by atoms with Gasteiger partial charge < -0.3 is 4.74 Å². The third-order valence-electron chi connectivity index (χ3n) is 4.47. The molecule has 1 aliphatic rings. The van der Waals surface area contributed by atoms with E-state index in [4.69, 9.17) is 16.3 Å². The number of anilines is 1. The highest BCUT2D eigenvalue weighted by molar-refractivity contribution is 9.10. The lowest BCUT2D eigenvalue weighted by Crippen LogP contribution is -2.32. The molecule has 4 rings (SSSR count). The van der Waals surface area contributed by atoms with E-state index in [1.54, 1.807) is 30.2 Å². The molecule has 144 valence electrons. The van der Waals surface area contributed by atoms with Crippen LogP contribution in [0.4, 0.5) is 5.69 Å². The average molecular weight is 468 g/mol. The van der Waals surface area contributed by atoms with Crippen molar-refractivity contribution in [2.24, 2.45) is 4.99 Å². The fourth-order valence-electron chi connectivity index (χ4n) is 3.00. The standard InChI is InChI=1S/C23H16BrClN2O2/c1-29-20-12-10-19(11-13-20)27-22(16-4-8-18(25)9-5-16)26-21(23(27)28)14-15-2-6-17(24)7-3-15/h2-14H,1H3/b21-14+. The van der Waals surface area contributed by atoms with Gasteiger partial charge in [-0.2, -0.15) is 0 Å². The number of hydrogen-bond acceptors (Lipinski definition) is 3. The molecule has 1 heterocycles. The fraction of sp³-hybridized carbons (Fsp3) is 0.0435. The molecule has 4 nitrogen and oxygen atoms in total. The molecule has 1 amide bonds. The molecule has 3 aromatic rings. The summed E-state index contributed by atoms with van der Waals surface area (Å²) in [6, 6.07) is 22.3. The maximum absolute atomic E-state index is 13.3. The van der Waals surface area contributed by atoms with Crippen molar-refractivity contribution in [3.05, 3.63) is 99.1 Å². The minimum Gasteiger partial charge on any atom is -0.497 e. The Kier molecular flexibility index (Phi) is 5.51. The van der Waals surface area contributed by atoms with Crippen molar-refractivity contribution >= 4 is 51.0 Å². The van der Waals surface area contributed by atoms with Gasteiger partial charge >= 0.3 is 0 Å². The minimum atomic E-state index is -0.192. The molecule has 0 radical (unpaired) electrons. The molecule has 0 bridgehead atoms. The van der Waals surface area contributed by atoms with Gasteiger partial charge in [0.05, 0.1) is 12.8 Å². The van der Waals surface area contributed by atoms with E-state index < -0.39 is 0 Å². The van der Waals surface area contributed by atoms with E-state index >= 15 is 0 Å². The molecule has 0 saturated heterocycles. The van der Waals surface area contributed by atoms with Crippen molar-refractivity contribution in [1.29, 1.82) is 0 Å². The minimum absolute atomic E-state index is 0.192. The van der Waals surface area contributed by atoms with Crippen LogP contribution in [-0.2, 0) is 4.79 Å². The first kappa shape index (κ1) is 19.4. The first-order chi connectivity index (χ1) is 14.0. The van der Waals surface area contributed by atoms with Crippen molar-refractivity contribution in [1.82, 2.24) is 0 Å². The van der Waals surface area contributed by atoms with Gasteiger partial charge in [-0.15, -0.1) is 0 Å². The lowest BCUT2D eigenvalue weighted by Gasteiger charge is -2.19. The van der Waals surface area contributed by atoms with Gasteiger partial charge in [0.25, 0.3) is 5.91 Å². The summed E-state index contributed by atoms with van der Waals surface area (Å²) in [5.41, 5.74) is 2.78. The molecule has 0 N–H and O–H groups in total. The van der Waals surface area contributed by atoms with Gasteiger partial charge in [-0.3, -0.25) is 9.69 Å². The number of carbonyl (C=O) groups excluding carboxylic acids is 1. The number of nitrogens with zero attached hydrogens (tertiary/aromatic N) is 2. The Bertz CT molecular complexity index is 1110. The number of hydrogen-bond donors (Lipinski definition) is 0. The molecule has 0 spiro atoms. The van der Waals surface area contributed by atoms with Crippen molar-refractivity contribution in [3.63, 3.8) is 0 Å². The maximum Gasteiger partial charge on any atom is 0.282 e. The zero-order chi connectivity index (χ0) is 20.4. The molecule has 1 aliphatic heterocycles. The molecular formula is C23H16BrClN2O2. The first-order valence-corrected chi connectivity index (χ1v) is 10.0. The second-order valence-corrected chi connectivity index (χ2v) is 7.71. The van der Waals surface area contributed by atoms with Crippen molar-refractivity contribution in [3.8, 4) is 5.75 Å². The topological polar surface area (TPSA) is 41.9 Å². The van der Waals surface area contributed by atoms with Crippen LogP contribution in [0.3, 0.4) is 0 Å². The Morgan fingerprint density at radius 1 is 0.966 bits per heavy atom. The number of carbonyl (C=O) groups is 1. The van der Waals surface area contributed by atoms with Crippen LogP contribution < -0.4 is 9.64 Å². The molecule has 6 heteroatoms. The van der Waals surface area contributed by atoms with Crippen LogP contribution in [0.25, 0.3) is 6.08 Å². The van der Waals surface area contributed by atoms with E-state index in [0.29, 0.717) is 22.2 Å². The van der Waals surface area contributed by atoms with Gasteiger partial charge in [-0.1, -0.05) is 39.7 Å². The van der Waals surface area contributed by atoms with E-state index in [0.717, 1.165) is 21.3 Å². The average Bonchev–Trinajstić information content (AvgIpc) is 3.06. The number of rotatable bonds is 4. The Balaban J connectivity index is 1.79. The second-order valence-electron chi connectivity index (χ2n) is 6.36. The molecule has 0 atom stereocenters. The molecule has 0 unspecified atom stereocenters. The van der Waals surface area contributed by atoms with Gasteiger partial charge in [-0.05, 0) is 72.3 Å². The molecule has 0 fully saturated rings. The Hall–Kier alpha value is -2.89. The van der Waals surface area contributed by atoms with Gasteiger partial charge in [0.1, 0.15) is 17.3 Å². The molecule has 0 saturated carbocycles. The quantitative estimate of drug-likeness (QED) is 0.445. The highest BCUT2D eigenvalue weighted by atomic mass is 79.9. The van der Waals surface area contributed by atoms with Gasteiger partial charge in [-0.25, -0.2) is 4.99 Å². The fourth-order valence-corrected chi connectivity index (χ4v) is 3.39. The van der Waals surface area contributed by atoms with Gasteiger partial charge in [0, 0.05) is 15.1 Å². The Labute approximate surface area is 182 Å². The zero-order valence-electron chi connectivity index (χ0n) is 15.5. The van der Waals surface area contributed by atoms with Gasteiger partial charge in [0.2, 0.25) is 0 Å². The van der Waals surface area contributed by atoms with Crippen LogP contribution in [0, 0.1) is 0 Å². The summed E-state index contributed by atoms with van der Waals surface area (Å²) < 4.78 is 6.20. The molecule has 0 aromatic heterocycles. The lowest BCUT2D eigenvalue weighted by molar-refractivity contribution is -0.113. The largest absolute Gasteiger partial charge is 0.497 e. The predicted octanol–water partition coefficient (Wildman–Crippen LogP) is 5.95. The van der Waals surface area contributed by atoms with Crippen LogP contribution >= 0.6 is 27.5 Å². The highest BCUT2D eigenvalue weighted by Crippen LogP contribution is 2.29. The van der Waals surface area contributed by atoms with Crippen LogP contribution in [0.5, 0.6) is 5.75 Å². The third kappa shape index (κ3) is 4.11. The molecule has 3 aromatic carbocycles. The monoisotopic (exact) mass is 466 g/mol. The summed E-state index contributed by atoms with van der Waals surface area (Å²) in [7, 11) is 1.61. The number of benzene rings is 3. The number of methoxy groups -OCH3 is 1. The third-order valence-corrected chi connectivity index (χ3v) is 5.25. The molecular weight excluding hydrogens is 452 g/mol. The van der Waals surface area contributed by atoms with E-state index in [1.807, 2.05) is 60.7 Å². The maximum atomic E-state index is 13.3. The summed E-state index contributed by atoms with van der Waals surface area (Å²) in [6.45, 7) is 0. The number of amidine groups is 1. The summed E-state index contributed by atoms with van der Waals surface area (Å²) in [4.78, 5) is 19.5. The summed E-state index contributed by atoms with van der Waals surface area (Å²) in [6.07, 6.45) is 1.79. The van der Waals surface area contributed by atoms with E-state index in [9.17, 15) is 4.79 Å². The number of halogens is 2.